The van der Waals surface area contributed by atoms with Gasteiger partial charge in [0.05, 0.1) is 43.3 Å². The Bertz CT molecular complexity index is 1400. The van der Waals surface area contributed by atoms with Crippen molar-refractivity contribution in [3.05, 3.63) is 65.1 Å². The number of nitriles is 1. The zero-order valence-electron chi connectivity index (χ0n) is 17.1. The lowest BCUT2D eigenvalue weighted by atomic mass is 10.0. The smallest absolute Gasteiger partial charge is 0.319 e. The molecule has 0 aliphatic heterocycles. The summed E-state index contributed by atoms with van der Waals surface area (Å²) in [6, 6.07) is 8.29. The molecule has 0 spiro atoms. The predicted molar refractivity (Wildman–Crippen MR) is 108 cm³/mol. The van der Waals surface area contributed by atoms with Gasteiger partial charge in [-0.3, -0.25) is 0 Å². The van der Waals surface area contributed by atoms with Crippen molar-refractivity contribution in [2.24, 2.45) is 0 Å². The number of benzene rings is 1. The standard InChI is InChI=1S/C22H16F2N6O2/c1-31-21-16(9-27-22(28-21)32-2)18-7-15(20-26-10-19(24)30(20)29-18)14-6-13(14)12-4-3-11(8-25)5-17(12)23/h3-5,7,9-10,13-14H,6H2,1-2H3/t13-,14+/m1/s1. The molecule has 3 heterocycles. The number of aromatic nitrogens is 5. The van der Waals surface area contributed by atoms with Crippen molar-refractivity contribution >= 4 is 5.65 Å². The van der Waals surface area contributed by atoms with Crippen LogP contribution in [0.3, 0.4) is 0 Å². The summed E-state index contributed by atoms with van der Waals surface area (Å²) in [5.41, 5.74) is 2.70. The topological polar surface area (TPSA) is 98.2 Å². The molecule has 1 aliphatic carbocycles. The lowest BCUT2D eigenvalue weighted by Gasteiger charge is -2.11. The molecule has 32 heavy (non-hydrogen) atoms. The molecule has 1 aromatic carbocycles. The molecule has 1 saturated carbocycles. The third-order valence-corrected chi connectivity index (χ3v) is 5.56. The van der Waals surface area contributed by atoms with Crippen molar-refractivity contribution < 1.29 is 18.3 Å². The van der Waals surface area contributed by atoms with Gasteiger partial charge in [-0.25, -0.2) is 14.4 Å². The highest BCUT2D eigenvalue weighted by Gasteiger charge is 2.43. The molecule has 0 radical (unpaired) electrons. The van der Waals surface area contributed by atoms with Gasteiger partial charge in [0.2, 0.25) is 11.8 Å². The average molecular weight is 434 g/mol. The number of hydrogen-bond donors (Lipinski definition) is 0. The second-order valence-electron chi connectivity index (χ2n) is 7.38. The van der Waals surface area contributed by atoms with E-state index in [1.807, 2.05) is 6.07 Å². The number of halogens is 2. The number of methoxy groups -OCH3 is 2. The van der Waals surface area contributed by atoms with Gasteiger partial charge in [-0.1, -0.05) is 6.07 Å². The second-order valence-corrected chi connectivity index (χ2v) is 7.38. The predicted octanol–water partition coefficient (Wildman–Crippen LogP) is 3.62. The molecule has 5 rings (SSSR count). The van der Waals surface area contributed by atoms with Crippen LogP contribution in [0.4, 0.5) is 8.78 Å². The molecule has 10 heteroatoms. The maximum atomic E-state index is 14.6. The van der Waals surface area contributed by atoms with Gasteiger partial charge in [-0.15, -0.1) is 0 Å². The fraction of sp³-hybridized carbons (Fsp3) is 0.227. The third-order valence-electron chi connectivity index (χ3n) is 5.56. The third kappa shape index (κ3) is 3.19. The molecule has 3 aromatic heterocycles. The fourth-order valence-corrected chi connectivity index (χ4v) is 3.93. The highest BCUT2D eigenvalue weighted by Crippen LogP contribution is 2.56. The van der Waals surface area contributed by atoms with Gasteiger partial charge in [0, 0.05) is 11.8 Å². The number of rotatable bonds is 5. The summed E-state index contributed by atoms with van der Waals surface area (Å²) >= 11 is 0. The van der Waals surface area contributed by atoms with Crippen LogP contribution in [-0.4, -0.2) is 38.8 Å². The van der Waals surface area contributed by atoms with Crippen LogP contribution in [0.1, 0.15) is 34.9 Å². The first-order chi connectivity index (χ1) is 15.5. The lowest BCUT2D eigenvalue weighted by Crippen LogP contribution is -2.04. The van der Waals surface area contributed by atoms with E-state index in [4.69, 9.17) is 14.7 Å². The molecule has 160 valence electrons. The summed E-state index contributed by atoms with van der Waals surface area (Å²) < 4.78 is 40.5. The number of nitrogens with zero attached hydrogens (tertiary/aromatic N) is 6. The van der Waals surface area contributed by atoms with Crippen LogP contribution in [-0.2, 0) is 0 Å². The molecular weight excluding hydrogens is 418 g/mol. The Kier molecular flexibility index (Phi) is 4.66. The number of ether oxygens (including phenoxy) is 2. The summed E-state index contributed by atoms with van der Waals surface area (Å²) in [5.74, 6) is -1.04. The molecule has 2 atom stereocenters. The van der Waals surface area contributed by atoms with Gasteiger partial charge < -0.3 is 9.47 Å². The summed E-state index contributed by atoms with van der Waals surface area (Å²) in [5, 5.41) is 13.3. The molecule has 0 N–H and O–H groups in total. The molecule has 0 amide bonds. The van der Waals surface area contributed by atoms with Crippen LogP contribution in [0.25, 0.3) is 16.9 Å². The van der Waals surface area contributed by atoms with Crippen molar-refractivity contribution in [2.45, 2.75) is 18.3 Å². The number of imidazole rings is 1. The Labute approximate surface area is 181 Å². The van der Waals surface area contributed by atoms with E-state index >= 15 is 0 Å². The second kappa shape index (κ2) is 7.53. The maximum absolute atomic E-state index is 14.6. The van der Waals surface area contributed by atoms with E-state index in [2.05, 4.69) is 20.1 Å². The number of hydrogen-bond acceptors (Lipinski definition) is 7. The van der Waals surface area contributed by atoms with Crippen molar-refractivity contribution in [2.75, 3.05) is 14.2 Å². The molecule has 0 bridgehead atoms. The molecule has 4 aromatic rings. The fourth-order valence-electron chi connectivity index (χ4n) is 3.93. The van der Waals surface area contributed by atoms with Crippen LogP contribution in [0.2, 0.25) is 0 Å². The monoisotopic (exact) mass is 434 g/mol. The van der Waals surface area contributed by atoms with Gasteiger partial charge in [0.1, 0.15) is 5.82 Å². The van der Waals surface area contributed by atoms with E-state index in [0.29, 0.717) is 28.9 Å². The number of fused-ring (bicyclic) bond motifs is 1. The Morgan fingerprint density at radius 1 is 1.06 bits per heavy atom. The molecule has 0 saturated heterocycles. The van der Waals surface area contributed by atoms with Crippen molar-refractivity contribution in [3.63, 3.8) is 0 Å². The van der Waals surface area contributed by atoms with Crippen molar-refractivity contribution in [1.82, 2.24) is 24.6 Å². The first kappa shape index (κ1) is 19.8. The van der Waals surface area contributed by atoms with Crippen molar-refractivity contribution in [3.8, 4) is 29.2 Å². The van der Waals surface area contributed by atoms with Crippen LogP contribution in [0, 0.1) is 23.1 Å². The maximum Gasteiger partial charge on any atom is 0.319 e. The Morgan fingerprint density at radius 2 is 1.88 bits per heavy atom. The molecule has 0 unspecified atom stereocenters. The van der Waals surface area contributed by atoms with E-state index in [-0.39, 0.29) is 29.3 Å². The van der Waals surface area contributed by atoms with Gasteiger partial charge in [-0.05, 0) is 42.0 Å². The summed E-state index contributed by atoms with van der Waals surface area (Å²) in [6.45, 7) is 0. The van der Waals surface area contributed by atoms with E-state index in [9.17, 15) is 8.78 Å². The lowest BCUT2D eigenvalue weighted by molar-refractivity contribution is 0.353. The first-order valence-electron chi connectivity index (χ1n) is 9.73. The van der Waals surface area contributed by atoms with E-state index in [1.165, 1.54) is 26.5 Å². The summed E-state index contributed by atoms with van der Waals surface area (Å²) in [6.07, 6.45) is 3.24. The minimum atomic E-state index is -0.627. The van der Waals surface area contributed by atoms with Gasteiger partial charge in [0.25, 0.3) is 0 Å². The Hall–Kier alpha value is -4.13. The van der Waals surface area contributed by atoms with Crippen LogP contribution < -0.4 is 9.47 Å². The molecule has 1 fully saturated rings. The van der Waals surface area contributed by atoms with Crippen LogP contribution in [0.15, 0.2) is 36.7 Å². The Morgan fingerprint density at radius 3 is 2.59 bits per heavy atom. The van der Waals surface area contributed by atoms with E-state index < -0.39 is 11.8 Å². The largest absolute Gasteiger partial charge is 0.480 e. The van der Waals surface area contributed by atoms with E-state index in [0.717, 1.165) is 16.3 Å². The minimum absolute atomic E-state index is 0.0892. The molecular formula is C22H16F2N6O2. The van der Waals surface area contributed by atoms with Crippen LogP contribution in [0.5, 0.6) is 11.9 Å². The average Bonchev–Trinajstić information content (AvgIpc) is 3.53. The van der Waals surface area contributed by atoms with Crippen molar-refractivity contribution in [1.29, 1.82) is 5.26 Å². The zero-order valence-corrected chi connectivity index (χ0v) is 17.1. The zero-order chi connectivity index (χ0) is 22.4. The molecule has 8 nitrogen and oxygen atoms in total. The van der Waals surface area contributed by atoms with Crippen LogP contribution >= 0.6 is 0 Å². The SMILES string of the molecule is COc1ncc(-c2cc([C@H]3C[C@@H]3c3ccc(C#N)cc3F)c3ncc(F)n3n2)c(OC)n1. The first-order valence-corrected chi connectivity index (χ1v) is 9.73. The van der Waals surface area contributed by atoms with E-state index in [1.54, 1.807) is 18.2 Å². The van der Waals surface area contributed by atoms with Gasteiger partial charge in [-0.2, -0.15) is 24.3 Å². The normalized spacial score (nSPS) is 17.2. The summed E-state index contributed by atoms with van der Waals surface area (Å²) in [7, 11) is 2.89. The molecule has 1 aliphatic rings. The quantitative estimate of drug-likeness (QED) is 0.473. The highest BCUT2D eigenvalue weighted by molar-refractivity contribution is 5.68. The Balaban J connectivity index is 1.60. The van der Waals surface area contributed by atoms with Gasteiger partial charge in [0.15, 0.2) is 5.65 Å². The van der Waals surface area contributed by atoms with Gasteiger partial charge >= 0.3 is 6.01 Å². The minimum Gasteiger partial charge on any atom is -0.480 e. The summed E-state index contributed by atoms with van der Waals surface area (Å²) in [4.78, 5) is 12.4. The highest BCUT2D eigenvalue weighted by atomic mass is 19.1.